The summed E-state index contributed by atoms with van der Waals surface area (Å²) in [6.07, 6.45) is 5.77. The highest BCUT2D eigenvalue weighted by atomic mass is 16.3. The number of aromatic nitrogens is 2. The lowest BCUT2D eigenvalue weighted by atomic mass is 10.1. The number of nitrogens with zero attached hydrogens (tertiary/aromatic N) is 2. The lowest BCUT2D eigenvalue weighted by Gasteiger charge is -2.13. The fourth-order valence-corrected chi connectivity index (χ4v) is 2.24. The lowest BCUT2D eigenvalue weighted by Crippen LogP contribution is -2.08. The molecule has 0 saturated heterocycles. The molecule has 2 aromatic rings. The quantitative estimate of drug-likeness (QED) is 0.866. The van der Waals surface area contributed by atoms with Gasteiger partial charge in [0.25, 0.3) is 0 Å². The van der Waals surface area contributed by atoms with Crippen LogP contribution in [0.25, 0.3) is 0 Å². The van der Waals surface area contributed by atoms with Crippen molar-refractivity contribution in [3.05, 3.63) is 48.0 Å². The molecule has 1 fully saturated rings. The van der Waals surface area contributed by atoms with E-state index in [1.165, 1.54) is 12.8 Å². The van der Waals surface area contributed by atoms with Gasteiger partial charge in [-0.15, -0.1) is 0 Å². The van der Waals surface area contributed by atoms with Crippen LogP contribution in [-0.2, 0) is 6.42 Å². The van der Waals surface area contributed by atoms with Crippen molar-refractivity contribution >= 4 is 0 Å². The SMILES string of the molecule is Oc1cccc(CC(O)c2cncn2C2CC2)c1. The van der Waals surface area contributed by atoms with Gasteiger partial charge in [-0.1, -0.05) is 12.1 Å². The molecule has 18 heavy (non-hydrogen) atoms. The van der Waals surface area contributed by atoms with Crippen molar-refractivity contribution in [1.29, 1.82) is 0 Å². The van der Waals surface area contributed by atoms with Crippen LogP contribution < -0.4 is 0 Å². The zero-order chi connectivity index (χ0) is 12.5. The number of aromatic hydroxyl groups is 1. The summed E-state index contributed by atoms with van der Waals surface area (Å²) in [5, 5.41) is 19.7. The van der Waals surface area contributed by atoms with Gasteiger partial charge in [0.15, 0.2) is 0 Å². The molecule has 0 bridgehead atoms. The molecule has 4 nitrogen and oxygen atoms in total. The predicted molar refractivity (Wildman–Crippen MR) is 67.3 cm³/mol. The molecule has 1 aliphatic carbocycles. The van der Waals surface area contributed by atoms with E-state index in [1.807, 2.05) is 6.07 Å². The van der Waals surface area contributed by atoms with Gasteiger partial charge in [-0.3, -0.25) is 0 Å². The summed E-state index contributed by atoms with van der Waals surface area (Å²) >= 11 is 0. The first kappa shape index (κ1) is 11.3. The summed E-state index contributed by atoms with van der Waals surface area (Å²) in [7, 11) is 0. The van der Waals surface area contributed by atoms with E-state index in [4.69, 9.17) is 0 Å². The Labute approximate surface area is 106 Å². The lowest BCUT2D eigenvalue weighted by molar-refractivity contribution is 0.168. The highest BCUT2D eigenvalue weighted by Gasteiger charge is 2.27. The summed E-state index contributed by atoms with van der Waals surface area (Å²) in [6.45, 7) is 0. The predicted octanol–water partition coefficient (Wildman–Crippen LogP) is 2.20. The van der Waals surface area contributed by atoms with Crippen molar-refractivity contribution in [2.75, 3.05) is 0 Å². The second kappa shape index (κ2) is 4.46. The molecule has 1 aromatic carbocycles. The Balaban J connectivity index is 1.78. The summed E-state index contributed by atoms with van der Waals surface area (Å²) < 4.78 is 2.06. The number of rotatable bonds is 4. The van der Waals surface area contributed by atoms with E-state index in [9.17, 15) is 10.2 Å². The van der Waals surface area contributed by atoms with Gasteiger partial charge in [-0.25, -0.2) is 4.98 Å². The Morgan fingerprint density at radius 3 is 2.94 bits per heavy atom. The molecule has 1 heterocycles. The van der Waals surface area contributed by atoms with Crippen LogP contribution in [-0.4, -0.2) is 19.8 Å². The summed E-state index contributed by atoms with van der Waals surface area (Å²) in [6, 6.07) is 7.52. The monoisotopic (exact) mass is 244 g/mol. The van der Waals surface area contributed by atoms with Crippen LogP contribution in [0.5, 0.6) is 5.75 Å². The topological polar surface area (TPSA) is 58.3 Å². The fourth-order valence-electron chi connectivity index (χ4n) is 2.24. The second-order valence-corrected chi connectivity index (χ2v) is 4.85. The molecular weight excluding hydrogens is 228 g/mol. The molecule has 2 N–H and O–H groups in total. The Kier molecular flexibility index (Phi) is 2.80. The third kappa shape index (κ3) is 2.24. The highest BCUT2D eigenvalue weighted by Crippen LogP contribution is 2.37. The molecule has 3 rings (SSSR count). The maximum absolute atomic E-state index is 10.3. The number of aliphatic hydroxyl groups excluding tert-OH is 1. The normalized spacial score (nSPS) is 16.7. The van der Waals surface area contributed by atoms with Gasteiger partial charge in [0.1, 0.15) is 5.75 Å². The maximum Gasteiger partial charge on any atom is 0.115 e. The van der Waals surface area contributed by atoms with Crippen molar-refractivity contribution < 1.29 is 10.2 Å². The van der Waals surface area contributed by atoms with Crippen LogP contribution >= 0.6 is 0 Å². The van der Waals surface area contributed by atoms with E-state index in [0.717, 1.165) is 11.3 Å². The Hall–Kier alpha value is -1.81. The van der Waals surface area contributed by atoms with Crippen LogP contribution in [0.1, 0.15) is 36.2 Å². The minimum absolute atomic E-state index is 0.232. The first-order chi connectivity index (χ1) is 8.74. The first-order valence-electron chi connectivity index (χ1n) is 6.22. The Bertz CT molecular complexity index is 546. The zero-order valence-corrected chi connectivity index (χ0v) is 10.0. The average Bonchev–Trinajstić information content (AvgIpc) is 3.06. The Morgan fingerprint density at radius 2 is 2.22 bits per heavy atom. The van der Waals surface area contributed by atoms with Gasteiger partial charge in [0.05, 0.1) is 24.3 Å². The van der Waals surface area contributed by atoms with Crippen LogP contribution in [0.4, 0.5) is 0 Å². The molecule has 1 saturated carbocycles. The van der Waals surface area contributed by atoms with Crippen molar-refractivity contribution in [2.24, 2.45) is 0 Å². The van der Waals surface area contributed by atoms with Crippen LogP contribution in [0.2, 0.25) is 0 Å². The standard InChI is InChI=1S/C14H16N2O2/c17-12-3-1-2-10(6-12)7-14(18)13-8-15-9-16(13)11-4-5-11/h1-3,6,8-9,11,14,17-18H,4-5,7H2. The molecule has 94 valence electrons. The van der Waals surface area contributed by atoms with E-state index in [1.54, 1.807) is 30.7 Å². The molecular formula is C14H16N2O2. The number of phenols is 1. The first-order valence-corrected chi connectivity index (χ1v) is 6.22. The van der Waals surface area contributed by atoms with Gasteiger partial charge in [-0.05, 0) is 30.5 Å². The smallest absolute Gasteiger partial charge is 0.115 e. The molecule has 0 radical (unpaired) electrons. The Morgan fingerprint density at radius 1 is 1.39 bits per heavy atom. The average molecular weight is 244 g/mol. The molecule has 0 aliphatic heterocycles. The van der Waals surface area contributed by atoms with Gasteiger partial charge in [0.2, 0.25) is 0 Å². The molecule has 4 heteroatoms. The summed E-state index contributed by atoms with van der Waals surface area (Å²) in [5.74, 6) is 0.232. The third-order valence-corrected chi connectivity index (χ3v) is 3.32. The van der Waals surface area contributed by atoms with Gasteiger partial charge in [0, 0.05) is 12.5 Å². The number of aliphatic hydroxyl groups is 1. The molecule has 0 amide bonds. The number of imidazole rings is 1. The van der Waals surface area contributed by atoms with E-state index in [0.29, 0.717) is 12.5 Å². The van der Waals surface area contributed by atoms with Gasteiger partial charge in [-0.2, -0.15) is 0 Å². The fraction of sp³-hybridized carbons (Fsp3) is 0.357. The number of phenolic OH excluding ortho intramolecular Hbond substituents is 1. The zero-order valence-electron chi connectivity index (χ0n) is 10.0. The number of benzene rings is 1. The van der Waals surface area contributed by atoms with E-state index < -0.39 is 6.10 Å². The largest absolute Gasteiger partial charge is 0.508 e. The van der Waals surface area contributed by atoms with Crippen LogP contribution in [0.3, 0.4) is 0 Å². The van der Waals surface area contributed by atoms with Crippen molar-refractivity contribution in [3.8, 4) is 5.75 Å². The molecule has 1 unspecified atom stereocenters. The van der Waals surface area contributed by atoms with E-state index in [-0.39, 0.29) is 5.75 Å². The van der Waals surface area contributed by atoms with E-state index >= 15 is 0 Å². The van der Waals surface area contributed by atoms with Crippen molar-refractivity contribution in [2.45, 2.75) is 31.4 Å². The third-order valence-electron chi connectivity index (χ3n) is 3.32. The second-order valence-electron chi connectivity index (χ2n) is 4.85. The molecule has 0 spiro atoms. The van der Waals surface area contributed by atoms with E-state index in [2.05, 4.69) is 9.55 Å². The summed E-state index contributed by atoms with van der Waals surface area (Å²) in [4.78, 5) is 4.12. The van der Waals surface area contributed by atoms with Gasteiger partial charge < -0.3 is 14.8 Å². The molecule has 1 aliphatic rings. The summed E-state index contributed by atoms with van der Waals surface area (Å²) in [5.41, 5.74) is 1.78. The highest BCUT2D eigenvalue weighted by molar-refractivity contribution is 5.28. The van der Waals surface area contributed by atoms with Crippen LogP contribution in [0.15, 0.2) is 36.8 Å². The van der Waals surface area contributed by atoms with Crippen molar-refractivity contribution in [1.82, 2.24) is 9.55 Å². The van der Waals surface area contributed by atoms with Crippen LogP contribution in [0, 0.1) is 0 Å². The molecule has 1 aromatic heterocycles. The molecule has 1 atom stereocenters. The maximum atomic E-state index is 10.3. The van der Waals surface area contributed by atoms with Crippen molar-refractivity contribution in [3.63, 3.8) is 0 Å². The number of hydrogen-bond acceptors (Lipinski definition) is 3. The number of hydrogen-bond donors (Lipinski definition) is 2. The minimum atomic E-state index is -0.574. The minimum Gasteiger partial charge on any atom is -0.508 e. The van der Waals surface area contributed by atoms with Gasteiger partial charge >= 0.3 is 0 Å².